The van der Waals surface area contributed by atoms with Crippen molar-refractivity contribution in [3.8, 4) is 0 Å². The molecule has 0 unspecified atom stereocenters. The Balaban J connectivity index is 1.94. The molecule has 0 saturated carbocycles. The molecule has 21 heavy (non-hydrogen) atoms. The van der Waals surface area contributed by atoms with Crippen LogP contribution in [-0.4, -0.2) is 41.4 Å². The van der Waals surface area contributed by atoms with Gasteiger partial charge < -0.3 is 15.4 Å². The molecule has 1 aliphatic rings. The topological polar surface area (TPSA) is 85.2 Å². The number of nitrogens with one attached hydrogen (secondary N) is 2. The summed E-state index contributed by atoms with van der Waals surface area (Å²) in [5.74, 6) is -0.296. The van der Waals surface area contributed by atoms with Gasteiger partial charge in [0.1, 0.15) is 6.54 Å². The van der Waals surface area contributed by atoms with Gasteiger partial charge in [-0.2, -0.15) is 5.10 Å². The highest BCUT2D eigenvalue weighted by molar-refractivity contribution is 5.92. The molecule has 2 heterocycles. The van der Waals surface area contributed by atoms with Crippen LogP contribution in [0.2, 0.25) is 0 Å². The van der Waals surface area contributed by atoms with Gasteiger partial charge in [0.25, 0.3) is 0 Å². The fraction of sp³-hybridized carbons (Fsp3) is 0.643. The molecule has 7 heteroatoms. The second-order valence-corrected chi connectivity index (χ2v) is 5.16. The van der Waals surface area contributed by atoms with E-state index >= 15 is 0 Å². The Bertz CT molecular complexity index is 500. The molecular formula is C14H22N4O3. The van der Waals surface area contributed by atoms with Gasteiger partial charge >= 0.3 is 0 Å². The predicted octanol–water partition coefficient (Wildman–Crippen LogP) is 0.773. The number of hydrogen-bond donors (Lipinski definition) is 2. The predicted molar refractivity (Wildman–Crippen MR) is 77.7 cm³/mol. The minimum absolute atomic E-state index is 0.0142. The molecule has 7 nitrogen and oxygen atoms in total. The number of carbonyl (C=O) groups excluding carboxylic acids is 2. The Morgan fingerprint density at radius 3 is 3.05 bits per heavy atom. The summed E-state index contributed by atoms with van der Waals surface area (Å²) in [5.41, 5.74) is 0.601. The van der Waals surface area contributed by atoms with Crippen molar-refractivity contribution in [2.24, 2.45) is 5.92 Å². The van der Waals surface area contributed by atoms with Crippen LogP contribution < -0.4 is 10.6 Å². The lowest BCUT2D eigenvalue weighted by Gasteiger charge is -2.29. The monoisotopic (exact) mass is 294 g/mol. The average molecular weight is 294 g/mol. The summed E-state index contributed by atoms with van der Waals surface area (Å²) in [5, 5.41) is 9.43. The Morgan fingerprint density at radius 2 is 2.33 bits per heavy atom. The standard InChI is InChI=1S/C14H22N4O3/c1-3-12-11(5-4-6-21-12)14(20)17-10-7-16-18(8-10)9-13(19)15-2/h7-8,11-12H,3-6,9H2,1-2H3,(H,15,19)(H,17,20)/t11-,12+/m1/s1. The van der Waals surface area contributed by atoms with E-state index in [0.29, 0.717) is 5.69 Å². The smallest absolute Gasteiger partial charge is 0.241 e. The van der Waals surface area contributed by atoms with E-state index < -0.39 is 0 Å². The maximum absolute atomic E-state index is 12.3. The van der Waals surface area contributed by atoms with Crippen molar-refractivity contribution in [2.75, 3.05) is 19.0 Å². The van der Waals surface area contributed by atoms with E-state index in [1.54, 1.807) is 19.4 Å². The van der Waals surface area contributed by atoms with E-state index in [1.807, 2.05) is 6.92 Å². The molecule has 0 bridgehead atoms. The number of ether oxygens (including phenoxy) is 1. The number of anilines is 1. The van der Waals surface area contributed by atoms with Gasteiger partial charge in [0.15, 0.2) is 0 Å². The normalized spacial score (nSPS) is 21.8. The van der Waals surface area contributed by atoms with Crippen molar-refractivity contribution in [1.82, 2.24) is 15.1 Å². The molecule has 1 aliphatic heterocycles. The van der Waals surface area contributed by atoms with Gasteiger partial charge in [0, 0.05) is 19.9 Å². The highest BCUT2D eigenvalue weighted by Gasteiger charge is 2.30. The molecule has 116 valence electrons. The third-order valence-corrected chi connectivity index (χ3v) is 3.66. The Kier molecular flexibility index (Phi) is 5.32. The van der Waals surface area contributed by atoms with Crippen LogP contribution in [0.3, 0.4) is 0 Å². The van der Waals surface area contributed by atoms with Crippen molar-refractivity contribution < 1.29 is 14.3 Å². The van der Waals surface area contributed by atoms with Crippen LogP contribution in [0.1, 0.15) is 26.2 Å². The first-order valence-electron chi connectivity index (χ1n) is 7.29. The zero-order valence-corrected chi connectivity index (χ0v) is 12.5. The lowest BCUT2D eigenvalue weighted by molar-refractivity contribution is -0.129. The highest BCUT2D eigenvalue weighted by Crippen LogP contribution is 2.24. The van der Waals surface area contributed by atoms with Crippen LogP contribution in [-0.2, 0) is 20.9 Å². The molecule has 1 fully saturated rings. The quantitative estimate of drug-likeness (QED) is 0.840. The Labute approximate surface area is 124 Å². The molecule has 2 N–H and O–H groups in total. The number of rotatable bonds is 5. The first-order valence-corrected chi connectivity index (χ1v) is 7.29. The van der Waals surface area contributed by atoms with Gasteiger partial charge in [-0.05, 0) is 19.3 Å². The van der Waals surface area contributed by atoms with Gasteiger partial charge in [0.2, 0.25) is 11.8 Å². The second kappa shape index (κ2) is 7.21. The van der Waals surface area contributed by atoms with Crippen molar-refractivity contribution in [2.45, 2.75) is 38.8 Å². The molecule has 0 aliphatic carbocycles. The first-order chi connectivity index (χ1) is 10.1. The number of amides is 2. The molecule has 1 saturated heterocycles. The van der Waals surface area contributed by atoms with Gasteiger partial charge in [0.05, 0.1) is 23.9 Å². The zero-order chi connectivity index (χ0) is 15.2. The van der Waals surface area contributed by atoms with Crippen molar-refractivity contribution in [3.05, 3.63) is 12.4 Å². The van der Waals surface area contributed by atoms with Crippen LogP contribution in [0.5, 0.6) is 0 Å². The molecule has 2 amide bonds. The number of carbonyl (C=O) groups is 2. The largest absolute Gasteiger partial charge is 0.377 e. The summed E-state index contributed by atoms with van der Waals surface area (Å²) < 4.78 is 7.13. The van der Waals surface area contributed by atoms with Gasteiger partial charge in [-0.3, -0.25) is 14.3 Å². The minimum atomic E-state index is -0.136. The molecule has 0 spiro atoms. The average Bonchev–Trinajstić information content (AvgIpc) is 2.93. The molecule has 0 radical (unpaired) electrons. The van der Waals surface area contributed by atoms with Gasteiger partial charge in [-0.1, -0.05) is 6.92 Å². The van der Waals surface area contributed by atoms with Crippen LogP contribution >= 0.6 is 0 Å². The molecule has 0 aromatic carbocycles. The maximum atomic E-state index is 12.3. The lowest BCUT2D eigenvalue weighted by atomic mass is 9.92. The number of hydrogen-bond acceptors (Lipinski definition) is 4. The molecular weight excluding hydrogens is 272 g/mol. The Morgan fingerprint density at radius 1 is 1.52 bits per heavy atom. The number of aromatic nitrogens is 2. The van der Waals surface area contributed by atoms with Gasteiger partial charge in [-0.25, -0.2) is 0 Å². The van der Waals surface area contributed by atoms with Crippen LogP contribution in [0, 0.1) is 5.92 Å². The SMILES string of the molecule is CC[C@@H]1OCCC[C@H]1C(=O)Nc1cnn(CC(=O)NC)c1. The third-order valence-electron chi connectivity index (χ3n) is 3.66. The molecule has 1 aromatic heterocycles. The van der Waals surface area contributed by atoms with E-state index in [1.165, 1.54) is 4.68 Å². The molecule has 2 atom stereocenters. The second-order valence-electron chi connectivity index (χ2n) is 5.16. The van der Waals surface area contributed by atoms with E-state index in [-0.39, 0.29) is 30.4 Å². The fourth-order valence-electron chi connectivity index (χ4n) is 2.52. The molecule has 1 aromatic rings. The fourth-order valence-corrected chi connectivity index (χ4v) is 2.52. The summed E-state index contributed by atoms with van der Waals surface area (Å²) in [4.78, 5) is 23.6. The minimum Gasteiger partial charge on any atom is -0.377 e. The van der Waals surface area contributed by atoms with Gasteiger partial charge in [-0.15, -0.1) is 0 Å². The Hall–Kier alpha value is -1.89. The van der Waals surface area contributed by atoms with Crippen LogP contribution in [0.25, 0.3) is 0 Å². The summed E-state index contributed by atoms with van der Waals surface area (Å²) >= 11 is 0. The maximum Gasteiger partial charge on any atom is 0.241 e. The van der Waals surface area contributed by atoms with Crippen LogP contribution in [0.15, 0.2) is 12.4 Å². The number of likely N-dealkylation sites (N-methyl/N-ethyl adjacent to an activating group) is 1. The van der Waals surface area contributed by atoms with E-state index in [2.05, 4.69) is 15.7 Å². The van der Waals surface area contributed by atoms with Crippen molar-refractivity contribution in [1.29, 1.82) is 0 Å². The van der Waals surface area contributed by atoms with E-state index in [4.69, 9.17) is 4.74 Å². The highest BCUT2D eigenvalue weighted by atomic mass is 16.5. The zero-order valence-electron chi connectivity index (χ0n) is 12.5. The van der Waals surface area contributed by atoms with E-state index in [9.17, 15) is 9.59 Å². The summed E-state index contributed by atoms with van der Waals surface area (Å²) in [6, 6.07) is 0. The van der Waals surface area contributed by atoms with Crippen molar-refractivity contribution in [3.63, 3.8) is 0 Å². The summed E-state index contributed by atoms with van der Waals surface area (Å²) in [6.07, 6.45) is 5.76. The summed E-state index contributed by atoms with van der Waals surface area (Å²) in [7, 11) is 1.57. The van der Waals surface area contributed by atoms with E-state index in [0.717, 1.165) is 25.9 Å². The third kappa shape index (κ3) is 4.04. The lowest BCUT2D eigenvalue weighted by Crippen LogP contribution is -2.37. The summed E-state index contributed by atoms with van der Waals surface area (Å²) in [6.45, 7) is 2.89. The first kappa shape index (κ1) is 15.5. The van der Waals surface area contributed by atoms with Crippen LogP contribution in [0.4, 0.5) is 5.69 Å². The molecule has 2 rings (SSSR count). The number of nitrogens with zero attached hydrogens (tertiary/aromatic N) is 2. The van der Waals surface area contributed by atoms with Crippen molar-refractivity contribution >= 4 is 17.5 Å².